The largest absolute Gasteiger partial charge is 0.272 e. The first kappa shape index (κ1) is 15.8. The van der Waals surface area contributed by atoms with Crippen LogP contribution in [0.25, 0.3) is 0 Å². The van der Waals surface area contributed by atoms with Crippen molar-refractivity contribution in [3.63, 3.8) is 0 Å². The predicted octanol–water partition coefficient (Wildman–Crippen LogP) is 4.78. The third-order valence-electron chi connectivity index (χ3n) is 4.27. The van der Waals surface area contributed by atoms with Gasteiger partial charge in [0, 0.05) is 5.71 Å². The first-order valence-electron chi connectivity index (χ1n) is 7.89. The quantitative estimate of drug-likeness (QED) is 0.810. The second-order valence-electron chi connectivity index (χ2n) is 5.78. The minimum atomic E-state index is -0.256. The molecular weight excluding hydrogens is 308 g/mol. The lowest BCUT2D eigenvalue weighted by atomic mass is 9.83. The molecule has 118 valence electrons. The van der Waals surface area contributed by atoms with Crippen LogP contribution in [0.15, 0.2) is 59.7 Å². The first-order chi connectivity index (χ1) is 11.2. The first-order valence-corrected chi connectivity index (χ1v) is 8.27. The zero-order valence-corrected chi connectivity index (χ0v) is 13.6. The molecule has 3 nitrogen and oxygen atoms in total. The van der Waals surface area contributed by atoms with E-state index in [1.165, 1.54) is 5.56 Å². The van der Waals surface area contributed by atoms with Gasteiger partial charge in [-0.2, -0.15) is 5.10 Å². The molecule has 0 atom stereocenters. The number of halogens is 1. The molecular formula is C19H19ClN2O. The third kappa shape index (κ3) is 3.99. The summed E-state index contributed by atoms with van der Waals surface area (Å²) in [6.45, 7) is 0. The molecule has 0 spiro atoms. The Morgan fingerprint density at radius 1 is 1.00 bits per heavy atom. The summed E-state index contributed by atoms with van der Waals surface area (Å²) in [4.78, 5) is 12.1. The summed E-state index contributed by atoms with van der Waals surface area (Å²) in [6, 6.07) is 17.6. The average Bonchev–Trinajstić information content (AvgIpc) is 2.61. The summed E-state index contributed by atoms with van der Waals surface area (Å²) in [5.74, 6) is 0.336. The molecule has 1 fully saturated rings. The van der Waals surface area contributed by atoms with Crippen LogP contribution in [0, 0.1) is 0 Å². The highest BCUT2D eigenvalue weighted by atomic mass is 35.5. The molecule has 3 rings (SSSR count). The lowest BCUT2D eigenvalue weighted by Crippen LogP contribution is -2.22. The maximum absolute atomic E-state index is 12.1. The Hall–Kier alpha value is -2.13. The fourth-order valence-electron chi connectivity index (χ4n) is 2.96. The van der Waals surface area contributed by atoms with Gasteiger partial charge in [0.25, 0.3) is 5.91 Å². The minimum absolute atomic E-state index is 0.256. The molecule has 0 aliphatic heterocycles. The monoisotopic (exact) mass is 326 g/mol. The van der Waals surface area contributed by atoms with Crippen LogP contribution in [-0.4, -0.2) is 11.6 Å². The number of hydrazone groups is 1. The molecule has 0 aromatic heterocycles. The normalized spacial score (nSPS) is 17.6. The summed E-state index contributed by atoms with van der Waals surface area (Å²) in [5.41, 5.74) is 5.53. The van der Waals surface area contributed by atoms with Crippen molar-refractivity contribution in [2.75, 3.05) is 0 Å². The van der Waals surface area contributed by atoms with Gasteiger partial charge in [-0.05, 0) is 49.3 Å². The second kappa shape index (κ2) is 7.42. The van der Waals surface area contributed by atoms with Gasteiger partial charge in [0.2, 0.25) is 0 Å². The Kier molecular flexibility index (Phi) is 5.09. The van der Waals surface area contributed by atoms with E-state index in [2.05, 4.69) is 34.8 Å². The van der Waals surface area contributed by atoms with Crippen molar-refractivity contribution in [3.05, 3.63) is 70.7 Å². The molecule has 1 aliphatic carbocycles. The molecule has 2 aromatic rings. The fourth-order valence-corrected chi connectivity index (χ4v) is 3.18. The van der Waals surface area contributed by atoms with Crippen LogP contribution >= 0.6 is 11.6 Å². The van der Waals surface area contributed by atoms with Crippen LogP contribution in [0.3, 0.4) is 0 Å². The highest BCUT2D eigenvalue weighted by Crippen LogP contribution is 2.31. The summed E-state index contributed by atoms with van der Waals surface area (Å²) in [5, 5.41) is 4.73. The van der Waals surface area contributed by atoms with Gasteiger partial charge in [-0.3, -0.25) is 4.79 Å². The second-order valence-corrected chi connectivity index (χ2v) is 6.19. The molecule has 0 radical (unpaired) electrons. The SMILES string of the molecule is O=C(NN=C1CCC(c2ccccc2)CC1)c1ccccc1Cl. The molecule has 4 heteroatoms. The van der Waals surface area contributed by atoms with Crippen molar-refractivity contribution in [2.45, 2.75) is 31.6 Å². The number of nitrogens with zero attached hydrogens (tertiary/aromatic N) is 1. The van der Waals surface area contributed by atoms with Crippen molar-refractivity contribution in [2.24, 2.45) is 5.10 Å². The number of rotatable bonds is 3. The van der Waals surface area contributed by atoms with Crippen LogP contribution < -0.4 is 5.43 Å². The Balaban J connectivity index is 1.57. The van der Waals surface area contributed by atoms with Gasteiger partial charge < -0.3 is 0 Å². The molecule has 1 saturated carbocycles. The van der Waals surface area contributed by atoms with Crippen LogP contribution in [0.4, 0.5) is 0 Å². The number of carbonyl (C=O) groups is 1. The van der Waals surface area contributed by atoms with Crippen LogP contribution in [-0.2, 0) is 0 Å². The molecule has 1 amide bonds. The Bertz CT molecular complexity index is 702. The van der Waals surface area contributed by atoms with Gasteiger partial charge in [0.15, 0.2) is 0 Å². The van der Waals surface area contributed by atoms with Crippen LogP contribution in [0.1, 0.15) is 47.5 Å². The van der Waals surface area contributed by atoms with E-state index in [1.807, 2.05) is 6.07 Å². The summed E-state index contributed by atoms with van der Waals surface area (Å²) in [6.07, 6.45) is 3.99. The van der Waals surface area contributed by atoms with Crippen molar-refractivity contribution in [1.82, 2.24) is 5.43 Å². The average molecular weight is 327 g/mol. The van der Waals surface area contributed by atoms with Crippen molar-refractivity contribution in [3.8, 4) is 0 Å². The van der Waals surface area contributed by atoms with E-state index >= 15 is 0 Å². The minimum Gasteiger partial charge on any atom is -0.267 e. The molecule has 0 unspecified atom stereocenters. The number of nitrogens with one attached hydrogen (secondary N) is 1. The Morgan fingerprint density at radius 3 is 2.35 bits per heavy atom. The van der Waals surface area contributed by atoms with Gasteiger partial charge in [0.1, 0.15) is 0 Å². The highest BCUT2D eigenvalue weighted by Gasteiger charge is 2.19. The van der Waals surface area contributed by atoms with E-state index in [4.69, 9.17) is 11.6 Å². The van der Waals surface area contributed by atoms with Crippen molar-refractivity contribution < 1.29 is 4.79 Å². The van der Waals surface area contributed by atoms with E-state index in [0.29, 0.717) is 16.5 Å². The lowest BCUT2D eigenvalue weighted by molar-refractivity contribution is 0.0954. The zero-order chi connectivity index (χ0) is 16.1. The standard InChI is InChI=1S/C19H19ClN2O/c20-18-9-5-4-8-17(18)19(23)22-21-16-12-10-15(11-13-16)14-6-2-1-3-7-14/h1-9,15H,10-13H2,(H,22,23). The molecule has 0 heterocycles. The highest BCUT2D eigenvalue weighted by molar-refractivity contribution is 6.33. The smallest absolute Gasteiger partial charge is 0.267 e. The Labute approximate surface area is 141 Å². The number of benzene rings is 2. The van der Waals surface area contributed by atoms with Gasteiger partial charge in [-0.15, -0.1) is 0 Å². The molecule has 1 aliphatic rings. The summed E-state index contributed by atoms with van der Waals surface area (Å²) in [7, 11) is 0. The number of amides is 1. The number of carbonyl (C=O) groups excluding carboxylic acids is 1. The van der Waals surface area contributed by atoms with Crippen LogP contribution in [0.2, 0.25) is 5.02 Å². The van der Waals surface area contributed by atoms with Gasteiger partial charge in [-0.1, -0.05) is 54.1 Å². The third-order valence-corrected chi connectivity index (χ3v) is 4.60. The number of hydrogen-bond donors (Lipinski definition) is 1. The number of hydrogen-bond acceptors (Lipinski definition) is 2. The predicted molar refractivity (Wildman–Crippen MR) is 94.0 cm³/mol. The maximum atomic E-state index is 12.1. The molecule has 1 N–H and O–H groups in total. The lowest BCUT2D eigenvalue weighted by Gasteiger charge is -2.23. The molecule has 23 heavy (non-hydrogen) atoms. The maximum Gasteiger partial charge on any atom is 0.272 e. The molecule has 0 bridgehead atoms. The zero-order valence-electron chi connectivity index (χ0n) is 12.8. The van der Waals surface area contributed by atoms with Gasteiger partial charge in [0.05, 0.1) is 10.6 Å². The summed E-state index contributed by atoms with van der Waals surface area (Å²) < 4.78 is 0. The van der Waals surface area contributed by atoms with Crippen molar-refractivity contribution in [1.29, 1.82) is 0 Å². The van der Waals surface area contributed by atoms with E-state index in [9.17, 15) is 4.79 Å². The van der Waals surface area contributed by atoms with Gasteiger partial charge in [-0.25, -0.2) is 5.43 Å². The van der Waals surface area contributed by atoms with Gasteiger partial charge >= 0.3 is 0 Å². The summed E-state index contributed by atoms with van der Waals surface area (Å²) >= 11 is 6.02. The molecule has 2 aromatic carbocycles. The van der Waals surface area contributed by atoms with E-state index in [0.717, 1.165) is 31.4 Å². The van der Waals surface area contributed by atoms with Crippen molar-refractivity contribution >= 4 is 23.2 Å². The van der Waals surface area contributed by atoms with E-state index < -0.39 is 0 Å². The fraction of sp³-hybridized carbons (Fsp3) is 0.263. The Morgan fingerprint density at radius 2 is 1.65 bits per heavy atom. The van der Waals surface area contributed by atoms with E-state index in [1.54, 1.807) is 24.3 Å². The van der Waals surface area contributed by atoms with E-state index in [-0.39, 0.29) is 5.91 Å². The van der Waals surface area contributed by atoms with Crippen LogP contribution in [0.5, 0.6) is 0 Å². The topological polar surface area (TPSA) is 41.5 Å². The molecule has 0 saturated heterocycles.